The van der Waals surface area contributed by atoms with Crippen molar-refractivity contribution in [2.75, 3.05) is 13.1 Å². The van der Waals surface area contributed by atoms with Crippen molar-refractivity contribution < 1.29 is 4.74 Å². The van der Waals surface area contributed by atoms with E-state index in [4.69, 9.17) is 16.3 Å². The molecule has 1 aromatic rings. The molecule has 0 N–H and O–H groups in total. The molecule has 1 saturated heterocycles. The molecule has 0 unspecified atom stereocenters. The van der Waals surface area contributed by atoms with Crippen LogP contribution in [0.3, 0.4) is 0 Å². The maximum Gasteiger partial charge on any atom is 0.183 e. The van der Waals surface area contributed by atoms with Gasteiger partial charge in [-0.15, -0.1) is 11.3 Å². The first-order valence-electron chi connectivity index (χ1n) is 5.79. The van der Waals surface area contributed by atoms with Gasteiger partial charge in [-0.2, -0.15) is 0 Å². The van der Waals surface area contributed by atoms with Gasteiger partial charge in [-0.3, -0.25) is 4.90 Å². The molecule has 3 nitrogen and oxygen atoms in total. The third-order valence-corrected chi connectivity index (χ3v) is 3.77. The molecule has 0 atom stereocenters. The summed E-state index contributed by atoms with van der Waals surface area (Å²) in [5.41, 5.74) is -0.202. The number of morpholine rings is 1. The monoisotopic (exact) mass is 274 g/mol. The standard InChI is InChI=1S/C12H19ClN2OS/c1-11(2)7-15(8-12(3,4)16-11)6-9-5-14-10(13)17-9/h5H,6-8H2,1-4H3. The fraction of sp³-hybridized carbons (Fsp3) is 0.750. The van der Waals surface area contributed by atoms with Crippen molar-refractivity contribution in [3.8, 4) is 0 Å². The molecule has 96 valence electrons. The van der Waals surface area contributed by atoms with E-state index < -0.39 is 0 Å². The van der Waals surface area contributed by atoms with Crippen molar-refractivity contribution >= 4 is 22.9 Å². The number of rotatable bonds is 2. The minimum atomic E-state index is -0.101. The number of ether oxygens (including phenoxy) is 1. The highest BCUT2D eigenvalue weighted by Crippen LogP contribution is 2.30. The third-order valence-electron chi connectivity index (χ3n) is 2.67. The first-order chi connectivity index (χ1) is 7.76. The molecule has 1 fully saturated rings. The number of aromatic nitrogens is 1. The number of hydrogen-bond acceptors (Lipinski definition) is 4. The average Bonchev–Trinajstić information content (AvgIpc) is 2.44. The lowest BCUT2D eigenvalue weighted by molar-refractivity contribution is -0.182. The first-order valence-corrected chi connectivity index (χ1v) is 6.98. The summed E-state index contributed by atoms with van der Waals surface area (Å²) in [6, 6.07) is 0. The van der Waals surface area contributed by atoms with Crippen molar-refractivity contribution in [3.63, 3.8) is 0 Å². The normalized spacial score (nSPS) is 23.8. The predicted molar refractivity (Wildman–Crippen MR) is 71.6 cm³/mol. The van der Waals surface area contributed by atoms with Gasteiger partial charge in [-0.05, 0) is 27.7 Å². The van der Waals surface area contributed by atoms with Crippen molar-refractivity contribution in [1.82, 2.24) is 9.88 Å². The molecule has 0 aliphatic carbocycles. The van der Waals surface area contributed by atoms with E-state index in [-0.39, 0.29) is 11.2 Å². The van der Waals surface area contributed by atoms with Crippen molar-refractivity contribution in [2.24, 2.45) is 0 Å². The molecule has 0 amide bonds. The van der Waals surface area contributed by atoms with Gasteiger partial charge >= 0.3 is 0 Å². The summed E-state index contributed by atoms with van der Waals surface area (Å²) in [4.78, 5) is 7.70. The Morgan fingerprint density at radius 3 is 2.41 bits per heavy atom. The molecule has 1 aromatic heterocycles. The van der Waals surface area contributed by atoms with Gasteiger partial charge in [-0.1, -0.05) is 11.6 Å². The highest BCUT2D eigenvalue weighted by Gasteiger charge is 2.38. The van der Waals surface area contributed by atoms with E-state index in [1.807, 2.05) is 6.20 Å². The highest BCUT2D eigenvalue weighted by atomic mass is 35.5. The number of halogens is 1. The molecule has 0 bridgehead atoms. The Morgan fingerprint density at radius 1 is 1.35 bits per heavy atom. The summed E-state index contributed by atoms with van der Waals surface area (Å²) < 4.78 is 6.67. The summed E-state index contributed by atoms with van der Waals surface area (Å²) in [7, 11) is 0. The van der Waals surface area contributed by atoms with E-state index in [1.54, 1.807) is 11.3 Å². The molecule has 1 aliphatic rings. The lowest BCUT2D eigenvalue weighted by Crippen LogP contribution is -2.56. The maximum atomic E-state index is 6.05. The lowest BCUT2D eigenvalue weighted by Gasteiger charge is -2.47. The van der Waals surface area contributed by atoms with Gasteiger partial charge in [0.15, 0.2) is 4.47 Å². The number of hydrogen-bond donors (Lipinski definition) is 0. The molecule has 5 heteroatoms. The topological polar surface area (TPSA) is 25.4 Å². The summed E-state index contributed by atoms with van der Waals surface area (Å²) in [5.74, 6) is 0. The Morgan fingerprint density at radius 2 is 1.94 bits per heavy atom. The molecule has 0 aromatic carbocycles. The predicted octanol–water partition coefficient (Wildman–Crippen LogP) is 3.19. The third kappa shape index (κ3) is 3.65. The van der Waals surface area contributed by atoms with E-state index in [0.717, 1.165) is 19.6 Å². The zero-order valence-corrected chi connectivity index (χ0v) is 12.4. The molecule has 0 radical (unpaired) electrons. The van der Waals surface area contributed by atoms with Crippen LogP contribution in [0.25, 0.3) is 0 Å². The smallest absolute Gasteiger partial charge is 0.183 e. The molecule has 0 saturated carbocycles. The van der Waals surface area contributed by atoms with Crippen LogP contribution in [0, 0.1) is 0 Å². The first kappa shape index (κ1) is 13.3. The van der Waals surface area contributed by atoms with E-state index in [2.05, 4.69) is 37.6 Å². The molecule has 2 rings (SSSR count). The van der Waals surface area contributed by atoms with Gasteiger partial charge in [0, 0.05) is 30.7 Å². The Balaban J connectivity index is 2.06. The SMILES string of the molecule is CC1(C)CN(Cc2cnc(Cl)s2)CC(C)(C)O1. The molecule has 0 spiro atoms. The molecular weight excluding hydrogens is 256 g/mol. The molecular formula is C12H19ClN2OS. The van der Waals surface area contributed by atoms with Gasteiger partial charge in [0.25, 0.3) is 0 Å². The summed E-state index contributed by atoms with van der Waals surface area (Å²) in [5, 5.41) is 0. The van der Waals surface area contributed by atoms with Crippen LogP contribution in [0.4, 0.5) is 0 Å². The minimum Gasteiger partial charge on any atom is -0.367 e. The Bertz CT molecular complexity index is 387. The maximum absolute atomic E-state index is 6.05. The summed E-state index contributed by atoms with van der Waals surface area (Å²) in [6.07, 6.45) is 1.86. The van der Waals surface area contributed by atoms with Gasteiger partial charge in [0.1, 0.15) is 0 Å². The van der Waals surface area contributed by atoms with E-state index in [9.17, 15) is 0 Å². The summed E-state index contributed by atoms with van der Waals surface area (Å²) in [6.45, 7) is 11.3. The Hall–Kier alpha value is -0.160. The molecule has 17 heavy (non-hydrogen) atoms. The van der Waals surface area contributed by atoms with Crippen LogP contribution < -0.4 is 0 Å². The highest BCUT2D eigenvalue weighted by molar-refractivity contribution is 7.15. The van der Waals surface area contributed by atoms with Gasteiger partial charge in [0.05, 0.1) is 11.2 Å². The van der Waals surface area contributed by atoms with E-state index >= 15 is 0 Å². The largest absolute Gasteiger partial charge is 0.367 e. The van der Waals surface area contributed by atoms with Crippen LogP contribution in [-0.2, 0) is 11.3 Å². The molecule has 2 heterocycles. The Labute approximate surface area is 112 Å². The molecule has 1 aliphatic heterocycles. The minimum absolute atomic E-state index is 0.101. The summed E-state index contributed by atoms with van der Waals surface area (Å²) >= 11 is 7.41. The van der Waals surface area contributed by atoms with Gasteiger partial charge in [-0.25, -0.2) is 4.98 Å². The van der Waals surface area contributed by atoms with Crippen LogP contribution in [-0.4, -0.2) is 34.2 Å². The zero-order chi connectivity index (χ0) is 12.7. The quantitative estimate of drug-likeness (QED) is 0.828. The average molecular weight is 275 g/mol. The second-order valence-corrected chi connectivity index (χ2v) is 7.54. The van der Waals surface area contributed by atoms with Crippen LogP contribution in [0.5, 0.6) is 0 Å². The van der Waals surface area contributed by atoms with Crippen LogP contribution >= 0.6 is 22.9 Å². The fourth-order valence-electron chi connectivity index (χ4n) is 2.63. The second kappa shape index (κ2) is 4.50. The Kier molecular flexibility index (Phi) is 3.51. The van der Waals surface area contributed by atoms with Gasteiger partial charge in [0.2, 0.25) is 0 Å². The number of thiazole rings is 1. The number of nitrogens with zero attached hydrogens (tertiary/aromatic N) is 2. The van der Waals surface area contributed by atoms with Crippen molar-refractivity contribution in [2.45, 2.75) is 45.4 Å². The van der Waals surface area contributed by atoms with Crippen molar-refractivity contribution in [1.29, 1.82) is 0 Å². The fourth-order valence-corrected chi connectivity index (χ4v) is 3.65. The van der Waals surface area contributed by atoms with E-state index in [0.29, 0.717) is 4.47 Å². The lowest BCUT2D eigenvalue weighted by atomic mass is 9.99. The second-order valence-electron chi connectivity index (χ2n) is 5.85. The van der Waals surface area contributed by atoms with Gasteiger partial charge < -0.3 is 4.74 Å². The van der Waals surface area contributed by atoms with Crippen LogP contribution in [0.2, 0.25) is 4.47 Å². The zero-order valence-electron chi connectivity index (χ0n) is 10.8. The van der Waals surface area contributed by atoms with Crippen molar-refractivity contribution in [3.05, 3.63) is 15.5 Å². The van der Waals surface area contributed by atoms with Crippen LogP contribution in [0.1, 0.15) is 32.6 Å². The van der Waals surface area contributed by atoms with Crippen LogP contribution in [0.15, 0.2) is 6.20 Å². The van der Waals surface area contributed by atoms with E-state index in [1.165, 1.54) is 4.88 Å².